The Balaban J connectivity index is 1.50. The van der Waals surface area contributed by atoms with E-state index in [9.17, 15) is 13.5 Å². The molecule has 2 aliphatic rings. The number of aliphatic hydroxyl groups is 1. The van der Waals surface area contributed by atoms with Gasteiger partial charge in [-0.05, 0) is 24.4 Å². The first kappa shape index (κ1) is 18.6. The van der Waals surface area contributed by atoms with Crippen LogP contribution in [0, 0.1) is 11.3 Å². The standard InChI is InChI=1S/C19H26N4O3S/c1-27(25,26)23-12-17-11-22(8-7-19(17,13-23)14-24)10-16-9-20-21-18(16)15-5-3-2-4-6-15/h2-6,9,17,24H,7-8,10-14H2,1H3,(H,20,21)/t17-,19+/m1/s1. The van der Waals surface area contributed by atoms with Crippen molar-refractivity contribution in [1.29, 1.82) is 0 Å². The second kappa shape index (κ2) is 7.01. The van der Waals surface area contributed by atoms with Gasteiger partial charge in [-0.25, -0.2) is 12.7 Å². The number of benzene rings is 1. The lowest BCUT2D eigenvalue weighted by Gasteiger charge is -2.42. The van der Waals surface area contributed by atoms with E-state index in [1.54, 1.807) is 0 Å². The van der Waals surface area contributed by atoms with Crippen LogP contribution in [-0.2, 0) is 16.6 Å². The molecule has 0 radical (unpaired) electrons. The van der Waals surface area contributed by atoms with Crippen molar-refractivity contribution in [3.05, 3.63) is 42.1 Å². The van der Waals surface area contributed by atoms with Crippen LogP contribution in [0.15, 0.2) is 36.5 Å². The average molecular weight is 391 g/mol. The van der Waals surface area contributed by atoms with E-state index in [2.05, 4.69) is 27.2 Å². The van der Waals surface area contributed by atoms with Crippen molar-refractivity contribution < 1.29 is 13.5 Å². The molecule has 146 valence electrons. The Morgan fingerprint density at radius 3 is 2.78 bits per heavy atom. The Morgan fingerprint density at radius 2 is 2.07 bits per heavy atom. The molecule has 0 saturated carbocycles. The number of aromatic nitrogens is 2. The monoisotopic (exact) mass is 390 g/mol. The Bertz CT molecular complexity index is 899. The van der Waals surface area contributed by atoms with E-state index in [1.165, 1.54) is 10.6 Å². The molecule has 0 spiro atoms. The van der Waals surface area contributed by atoms with Gasteiger partial charge in [-0.3, -0.25) is 10.00 Å². The van der Waals surface area contributed by atoms with E-state index in [4.69, 9.17) is 0 Å². The lowest BCUT2D eigenvalue weighted by atomic mass is 9.73. The molecule has 2 aliphatic heterocycles. The number of nitrogens with zero attached hydrogens (tertiary/aromatic N) is 3. The molecule has 0 aliphatic carbocycles. The van der Waals surface area contributed by atoms with Crippen LogP contribution in [0.3, 0.4) is 0 Å². The van der Waals surface area contributed by atoms with Gasteiger partial charge in [-0.1, -0.05) is 30.3 Å². The van der Waals surface area contributed by atoms with E-state index < -0.39 is 10.0 Å². The predicted molar refractivity (Wildman–Crippen MR) is 103 cm³/mol. The molecule has 0 unspecified atom stereocenters. The van der Waals surface area contributed by atoms with E-state index >= 15 is 0 Å². The predicted octanol–water partition coefficient (Wildman–Crippen LogP) is 1.15. The topological polar surface area (TPSA) is 89.5 Å². The van der Waals surface area contributed by atoms with Crippen LogP contribution in [0.1, 0.15) is 12.0 Å². The maximum atomic E-state index is 12.0. The van der Waals surface area contributed by atoms with Gasteiger partial charge >= 0.3 is 0 Å². The summed E-state index contributed by atoms with van der Waals surface area (Å²) in [6.45, 7) is 3.35. The molecule has 7 nitrogen and oxygen atoms in total. The molecule has 3 heterocycles. The Hall–Kier alpha value is -1.74. The van der Waals surface area contributed by atoms with Gasteiger partial charge in [-0.15, -0.1) is 0 Å². The van der Waals surface area contributed by atoms with Crippen molar-refractivity contribution >= 4 is 10.0 Å². The largest absolute Gasteiger partial charge is 0.396 e. The smallest absolute Gasteiger partial charge is 0.211 e. The summed E-state index contributed by atoms with van der Waals surface area (Å²) in [5, 5.41) is 17.3. The summed E-state index contributed by atoms with van der Waals surface area (Å²) in [6.07, 6.45) is 3.93. The summed E-state index contributed by atoms with van der Waals surface area (Å²) < 4.78 is 25.5. The third kappa shape index (κ3) is 3.54. The van der Waals surface area contributed by atoms with Gasteiger partial charge in [0.15, 0.2) is 0 Å². The summed E-state index contributed by atoms with van der Waals surface area (Å²) >= 11 is 0. The summed E-state index contributed by atoms with van der Waals surface area (Å²) in [4.78, 5) is 2.35. The molecular weight excluding hydrogens is 364 g/mol. The highest BCUT2D eigenvalue weighted by molar-refractivity contribution is 7.88. The highest BCUT2D eigenvalue weighted by Crippen LogP contribution is 2.43. The second-order valence-electron chi connectivity index (χ2n) is 7.89. The number of aliphatic hydroxyl groups excluding tert-OH is 1. The van der Waals surface area contributed by atoms with Crippen LogP contribution in [-0.4, -0.2) is 72.0 Å². The van der Waals surface area contributed by atoms with Gasteiger partial charge in [0.2, 0.25) is 10.0 Å². The van der Waals surface area contributed by atoms with Crippen molar-refractivity contribution in [3.8, 4) is 11.3 Å². The number of H-pyrrole nitrogens is 1. The molecule has 2 atom stereocenters. The van der Waals surface area contributed by atoms with E-state index in [-0.39, 0.29) is 17.9 Å². The minimum atomic E-state index is -3.23. The maximum absolute atomic E-state index is 12.0. The first-order chi connectivity index (χ1) is 12.9. The molecule has 1 aromatic heterocycles. The summed E-state index contributed by atoms with van der Waals surface area (Å²) in [5.74, 6) is 0.151. The van der Waals surface area contributed by atoms with Crippen molar-refractivity contribution in [2.24, 2.45) is 11.3 Å². The Morgan fingerprint density at radius 1 is 1.30 bits per heavy atom. The number of rotatable bonds is 5. The molecule has 1 aromatic carbocycles. The third-order valence-electron chi connectivity index (χ3n) is 6.14. The third-order valence-corrected chi connectivity index (χ3v) is 7.36. The van der Waals surface area contributed by atoms with Gasteiger partial charge in [0, 0.05) is 37.2 Å². The molecule has 4 rings (SSSR count). The number of fused-ring (bicyclic) bond motifs is 1. The summed E-state index contributed by atoms with van der Waals surface area (Å²) in [5.41, 5.74) is 2.96. The fourth-order valence-electron chi connectivity index (χ4n) is 4.48. The number of hydrogen-bond donors (Lipinski definition) is 2. The first-order valence-corrected chi connectivity index (χ1v) is 11.1. The number of aromatic amines is 1. The van der Waals surface area contributed by atoms with Crippen LogP contribution >= 0.6 is 0 Å². The van der Waals surface area contributed by atoms with Gasteiger partial charge < -0.3 is 5.11 Å². The lowest BCUT2D eigenvalue weighted by molar-refractivity contribution is 0.0171. The zero-order chi connectivity index (χ0) is 19.1. The SMILES string of the molecule is CS(=O)(=O)N1C[C@H]2CN(Cc3cn[nH]c3-c3ccccc3)CC[C@@]2(CO)C1. The van der Waals surface area contributed by atoms with Gasteiger partial charge in [-0.2, -0.15) is 5.10 Å². The van der Waals surface area contributed by atoms with E-state index in [0.717, 1.165) is 42.9 Å². The van der Waals surface area contributed by atoms with Crippen LogP contribution in [0.5, 0.6) is 0 Å². The molecule has 8 heteroatoms. The fourth-order valence-corrected chi connectivity index (χ4v) is 5.43. The maximum Gasteiger partial charge on any atom is 0.211 e. The van der Waals surface area contributed by atoms with Crippen LogP contribution in [0.25, 0.3) is 11.3 Å². The van der Waals surface area contributed by atoms with Gasteiger partial charge in [0.25, 0.3) is 0 Å². The molecule has 0 amide bonds. The number of piperidine rings is 1. The Kier molecular flexibility index (Phi) is 4.84. The molecule has 2 aromatic rings. The Labute approximate surface area is 160 Å². The minimum Gasteiger partial charge on any atom is -0.396 e. The van der Waals surface area contributed by atoms with E-state index in [0.29, 0.717) is 13.1 Å². The average Bonchev–Trinajstić information content (AvgIpc) is 3.27. The molecule has 0 bridgehead atoms. The fraction of sp³-hybridized carbons (Fsp3) is 0.526. The number of nitrogens with one attached hydrogen (secondary N) is 1. The normalized spacial score (nSPS) is 27.0. The van der Waals surface area contributed by atoms with Crippen molar-refractivity contribution in [2.45, 2.75) is 13.0 Å². The number of sulfonamides is 1. The van der Waals surface area contributed by atoms with E-state index in [1.807, 2.05) is 24.4 Å². The van der Waals surface area contributed by atoms with Crippen LogP contribution < -0.4 is 0 Å². The van der Waals surface area contributed by atoms with Crippen molar-refractivity contribution in [3.63, 3.8) is 0 Å². The van der Waals surface area contributed by atoms with Crippen LogP contribution in [0.2, 0.25) is 0 Å². The summed E-state index contributed by atoms with van der Waals surface area (Å²) in [6, 6.07) is 10.1. The van der Waals surface area contributed by atoms with Crippen molar-refractivity contribution in [2.75, 3.05) is 39.0 Å². The highest BCUT2D eigenvalue weighted by atomic mass is 32.2. The zero-order valence-electron chi connectivity index (χ0n) is 15.5. The number of hydrogen-bond acceptors (Lipinski definition) is 5. The van der Waals surface area contributed by atoms with Crippen molar-refractivity contribution in [1.82, 2.24) is 19.4 Å². The molecular formula is C19H26N4O3S. The summed E-state index contributed by atoms with van der Waals surface area (Å²) in [7, 11) is -3.23. The minimum absolute atomic E-state index is 0.0402. The second-order valence-corrected chi connectivity index (χ2v) is 9.88. The lowest BCUT2D eigenvalue weighted by Crippen LogP contribution is -2.48. The van der Waals surface area contributed by atoms with Gasteiger partial charge in [0.05, 0.1) is 24.8 Å². The highest BCUT2D eigenvalue weighted by Gasteiger charge is 2.51. The zero-order valence-corrected chi connectivity index (χ0v) is 16.3. The molecule has 2 fully saturated rings. The molecule has 27 heavy (non-hydrogen) atoms. The molecule has 2 N–H and O–H groups in total. The van der Waals surface area contributed by atoms with Gasteiger partial charge in [0.1, 0.15) is 0 Å². The first-order valence-electron chi connectivity index (χ1n) is 9.27. The molecule has 2 saturated heterocycles. The number of likely N-dealkylation sites (tertiary alicyclic amines) is 1. The van der Waals surface area contributed by atoms with Crippen LogP contribution in [0.4, 0.5) is 0 Å². The quantitative estimate of drug-likeness (QED) is 0.800.